The third kappa shape index (κ3) is 2.94. The highest BCUT2D eigenvalue weighted by atomic mass is 16.1. The molecule has 1 saturated carbocycles. The van der Waals surface area contributed by atoms with Crippen molar-refractivity contribution in [1.29, 1.82) is 0 Å². The van der Waals surface area contributed by atoms with Crippen LogP contribution >= 0.6 is 0 Å². The molecule has 1 aliphatic rings. The van der Waals surface area contributed by atoms with Gasteiger partial charge in [0.2, 0.25) is 5.91 Å². The van der Waals surface area contributed by atoms with Crippen LogP contribution in [0.4, 0.5) is 0 Å². The number of nitrogens with two attached hydrogens (primary N) is 1. The standard InChI is InChI=1S/C21H22N2O/c1-14-3-2-4-16(9-14)17-7-8-20-19(10-17)18(11-21(22)24)13-23(20)12-15-5-6-15/h2-4,7-10,13,15H,5-6,11-12H2,1H3,(H2,22,24). The monoisotopic (exact) mass is 318 g/mol. The molecule has 3 heteroatoms. The molecule has 0 bridgehead atoms. The molecule has 24 heavy (non-hydrogen) atoms. The van der Waals surface area contributed by atoms with Gasteiger partial charge in [0, 0.05) is 23.6 Å². The van der Waals surface area contributed by atoms with Crippen LogP contribution < -0.4 is 5.73 Å². The molecule has 3 nitrogen and oxygen atoms in total. The lowest BCUT2D eigenvalue weighted by molar-refractivity contribution is -0.117. The molecule has 0 saturated heterocycles. The van der Waals surface area contributed by atoms with Gasteiger partial charge in [-0.3, -0.25) is 4.79 Å². The van der Waals surface area contributed by atoms with Crippen molar-refractivity contribution in [2.45, 2.75) is 32.7 Å². The number of fused-ring (bicyclic) bond motifs is 1. The maximum atomic E-state index is 11.5. The average Bonchev–Trinajstić information content (AvgIpc) is 3.30. The highest BCUT2D eigenvalue weighted by Gasteiger charge is 2.23. The first kappa shape index (κ1) is 15.0. The van der Waals surface area contributed by atoms with E-state index in [-0.39, 0.29) is 5.91 Å². The Morgan fingerprint density at radius 3 is 2.67 bits per heavy atom. The van der Waals surface area contributed by atoms with Crippen molar-refractivity contribution in [2.75, 3.05) is 0 Å². The first-order chi connectivity index (χ1) is 11.6. The molecule has 0 radical (unpaired) electrons. The van der Waals surface area contributed by atoms with Crippen molar-refractivity contribution >= 4 is 16.8 Å². The summed E-state index contributed by atoms with van der Waals surface area (Å²) >= 11 is 0. The summed E-state index contributed by atoms with van der Waals surface area (Å²) in [7, 11) is 0. The van der Waals surface area contributed by atoms with Gasteiger partial charge in [0.15, 0.2) is 0 Å². The summed E-state index contributed by atoms with van der Waals surface area (Å²) < 4.78 is 2.30. The molecule has 1 aromatic heterocycles. The lowest BCUT2D eigenvalue weighted by Gasteiger charge is -2.06. The van der Waals surface area contributed by atoms with E-state index in [0.717, 1.165) is 23.4 Å². The Kier molecular flexibility index (Phi) is 3.64. The van der Waals surface area contributed by atoms with Crippen LogP contribution in [0.25, 0.3) is 22.0 Å². The number of carbonyl (C=O) groups is 1. The molecule has 4 rings (SSSR count). The number of benzene rings is 2. The Morgan fingerprint density at radius 1 is 1.17 bits per heavy atom. The van der Waals surface area contributed by atoms with E-state index >= 15 is 0 Å². The maximum Gasteiger partial charge on any atom is 0.221 e. The van der Waals surface area contributed by atoms with Crippen molar-refractivity contribution in [2.24, 2.45) is 11.7 Å². The Balaban J connectivity index is 1.82. The van der Waals surface area contributed by atoms with Gasteiger partial charge in [0.25, 0.3) is 0 Å². The fraction of sp³-hybridized carbons (Fsp3) is 0.286. The molecular formula is C21H22N2O. The summed E-state index contributed by atoms with van der Waals surface area (Å²) in [6.45, 7) is 3.14. The number of aromatic nitrogens is 1. The molecule has 1 amide bonds. The first-order valence-corrected chi connectivity index (χ1v) is 8.57. The number of hydrogen-bond donors (Lipinski definition) is 1. The molecule has 122 valence electrons. The van der Waals surface area contributed by atoms with Gasteiger partial charge in [-0.15, -0.1) is 0 Å². The van der Waals surface area contributed by atoms with E-state index in [1.165, 1.54) is 35.0 Å². The zero-order chi connectivity index (χ0) is 16.7. The molecule has 0 atom stereocenters. The van der Waals surface area contributed by atoms with E-state index in [4.69, 9.17) is 5.73 Å². The molecule has 2 aromatic carbocycles. The smallest absolute Gasteiger partial charge is 0.221 e. The van der Waals surface area contributed by atoms with Crippen LogP contribution in [0.15, 0.2) is 48.7 Å². The molecule has 3 aromatic rings. The lowest BCUT2D eigenvalue weighted by atomic mass is 10.0. The van der Waals surface area contributed by atoms with Gasteiger partial charge in [-0.1, -0.05) is 35.9 Å². The fourth-order valence-corrected chi connectivity index (χ4v) is 3.43. The average molecular weight is 318 g/mol. The minimum atomic E-state index is -0.276. The van der Waals surface area contributed by atoms with E-state index < -0.39 is 0 Å². The van der Waals surface area contributed by atoms with Gasteiger partial charge in [-0.05, 0) is 54.5 Å². The van der Waals surface area contributed by atoms with E-state index in [2.05, 4.69) is 60.2 Å². The van der Waals surface area contributed by atoms with Crippen LogP contribution in [-0.4, -0.2) is 10.5 Å². The van der Waals surface area contributed by atoms with Crippen LogP contribution in [0.3, 0.4) is 0 Å². The van der Waals surface area contributed by atoms with Crippen LogP contribution in [0, 0.1) is 12.8 Å². The number of primary amides is 1. The van der Waals surface area contributed by atoms with Gasteiger partial charge < -0.3 is 10.3 Å². The topological polar surface area (TPSA) is 48.0 Å². The summed E-state index contributed by atoms with van der Waals surface area (Å²) in [6, 6.07) is 15.1. The highest BCUT2D eigenvalue weighted by molar-refractivity contribution is 5.92. The quantitative estimate of drug-likeness (QED) is 0.758. The SMILES string of the molecule is Cc1cccc(-c2ccc3c(c2)c(CC(N)=O)cn3CC2CC2)c1. The molecule has 0 spiro atoms. The molecule has 0 unspecified atom stereocenters. The lowest BCUT2D eigenvalue weighted by Crippen LogP contribution is -2.13. The third-order valence-electron chi connectivity index (χ3n) is 4.83. The summed E-state index contributed by atoms with van der Waals surface area (Å²) in [5, 5.41) is 1.15. The van der Waals surface area contributed by atoms with E-state index in [1.54, 1.807) is 0 Å². The first-order valence-electron chi connectivity index (χ1n) is 8.57. The van der Waals surface area contributed by atoms with Crippen molar-refractivity contribution in [3.8, 4) is 11.1 Å². The number of carbonyl (C=O) groups excluding carboxylic acids is 1. The number of nitrogens with zero attached hydrogens (tertiary/aromatic N) is 1. The highest BCUT2D eigenvalue weighted by Crippen LogP contribution is 2.34. The number of rotatable bonds is 5. The summed E-state index contributed by atoms with van der Waals surface area (Å²) in [6.07, 6.45) is 5.04. The minimum Gasteiger partial charge on any atom is -0.369 e. The largest absolute Gasteiger partial charge is 0.369 e. The normalized spacial score (nSPS) is 14.2. The zero-order valence-corrected chi connectivity index (χ0v) is 14.0. The summed E-state index contributed by atoms with van der Waals surface area (Å²) in [5.74, 6) is 0.514. The molecule has 2 N–H and O–H groups in total. The van der Waals surface area contributed by atoms with Crippen molar-refractivity contribution in [3.63, 3.8) is 0 Å². The fourth-order valence-electron chi connectivity index (χ4n) is 3.43. The van der Waals surface area contributed by atoms with Crippen molar-refractivity contribution in [1.82, 2.24) is 4.57 Å². The molecule has 1 aliphatic carbocycles. The maximum absolute atomic E-state index is 11.5. The van der Waals surface area contributed by atoms with Crippen molar-refractivity contribution < 1.29 is 4.79 Å². The Morgan fingerprint density at radius 2 is 1.96 bits per heavy atom. The second-order valence-electron chi connectivity index (χ2n) is 6.99. The van der Waals surface area contributed by atoms with Crippen LogP contribution in [0.2, 0.25) is 0 Å². The number of amides is 1. The second kappa shape index (κ2) is 5.82. The third-order valence-corrected chi connectivity index (χ3v) is 4.83. The molecule has 1 heterocycles. The summed E-state index contributed by atoms with van der Waals surface area (Å²) in [5.41, 5.74) is 11.3. The van der Waals surface area contributed by atoms with Gasteiger partial charge in [0.05, 0.1) is 6.42 Å². The van der Waals surface area contributed by atoms with Gasteiger partial charge in [-0.25, -0.2) is 0 Å². The van der Waals surface area contributed by atoms with Crippen LogP contribution in [0.5, 0.6) is 0 Å². The van der Waals surface area contributed by atoms with Gasteiger partial charge in [0.1, 0.15) is 0 Å². The number of hydrogen-bond acceptors (Lipinski definition) is 1. The zero-order valence-electron chi connectivity index (χ0n) is 14.0. The molecular weight excluding hydrogens is 296 g/mol. The summed E-state index contributed by atoms with van der Waals surface area (Å²) in [4.78, 5) is 11.5. The van der Waals surface area contributed by atoms with Crippen LogP contribution in [-0.2, 0) is 17.8 Å². The molecule has 1 fully saturated rings. The van der Waals surface area contributed by atoms with E-state index in [0.29, 0.717) is 6.42 Å². The Hall–Kier alpha value is -2.55. The van der Waals surface area contributed by atoms with E-state index in [1.807, 2.05) is 0 Å². The second-order valence-corrected chi connectivity index (χ2v) is 6.99. The Labute approximate surface area is 142 Å². The number of aryl methyl sites for hydroxylation is 1. The van der Waals surface area contributed by atoms with Gasteiger partial charge >= 0.3 is 0 Å². The van der Waals surface area contributed by atoms with Crippen molar-refractivity contribution in [3.05, 3.63) is 59.8 Å². The predicted octanol–water partition coefficient (Wildman–Crippen LogP) is 4.05. The Bertz CT molecular complexity index is 919. The van der Waals surface area contributed by atoms with E-state index in [9.17, 15) is 4.79 Å². The van der Waals surface area contributed by atoms with Crippen LogP contribution in [0.1, 0.15) is 24.0 Å². The predicted molar refractivity (Wildman–Crippen MR) is 97.7 cm³/mol. The minimum absolute atomic E-state index is 0.276. The molecule has 0 aliphatic heterocycles. The van der Waals surface area contributed by atoms with Gasteiger partial charge in [-0.2, -0.15) is 0 Å².